The van der Waals surface area contributed by atoms with Crippen LogP contribution in [0.2, 0.25) is 0 Å². The number of piperidine rings is 1. The largest absolute Gasteiger partial charge is 0.342 e. The number of hydrogen-bond acceptors (Lipinski definition) is 1. The molecule has 0 unspecified atom stereocenters. The van der Waals surface area contributed by atoms with Crippen molar-refractivity contribution in [2.45, 2.75) is 77.7 Å². The number of carbonyl (C=O) groups excluding carboxylic acids is 1. The van der Waals surface area contributed by atoms with Crippen LogP contribution in [0, 0.1) is 28.6 Å². The Labute approximate surface area is 129 Å². The fraction of sp³-hybridized carbons (Fsp3) is 0.947. The lowest BCUT2D eigenvalue weighted by Crippen LogP contribution is -2.61. The van der Waals surface area contributed by atoms with Crippen molar-refractivity contribution in [3.05, 3.63) is 0 Å². The van der Waals surface area contributed by atoms with Crippen LogP contribution in [0.3, 0.4) is 0 Å². The van der Waals surface area contributed by atoms with Gasteiger partial charge in [0.1, 0.15) is 0 Å². The lowest BCUT2D eigenvalue weighted by atomic mass is 9.47. The van der Waals surface area contributed by atoms with Gasteiger partial charge in [-0.1, -0.05) is 20.3 Å². The molecule has 3 aliphatic carbocycles. The summed E-state index contributed by atoms with van der Waals surface area (Å²) in [5.74, 6) is 3.20. The first-order valence-electron chi connectivity index (χ1n) is 9.21. The van der Waals surface area contributed by atoms with Crippen molar-refractivity contribution >= 4 is 5.91 Å². The highest BCUT2D eigenvalue weighted by Gasteiger charge is 2.58. The molecule has 0 aromatic carbocycles. The van der Waals surface area contributed by atoms with Crippen LogP contribution in [-0.4, -0.2) is 23.9 Å². The second kappa shape index (κ2) is 4.49. The average Bonchev–Trinajstić information content (AvgIpc) is 2.85. The van der Waals surface area contributed by atoms with E-state index in [0.717, 1.165) is 30.6 Å². The molecule has 0 spiro atoms. The molecule has 1 saturated heterocycles. The van der Waals surface area contributed by atoms with Crippen molar-refractivity contribution in [3.63, 3.8) is 0 Å². The Morgan fingerprint density at radius 3 is 2.62 bits per heavy atom. The molecule has 118 valence electrons. The Hall–Kier alpha value is -0.530. The number of hydrogen-bond donors (Lipinski definition) is 0. The monoisotopic (exact) mass is 289 g/mol. The normalized spacial score (nSPS) is 53.1. The van der Waals surface area contributed by atoms with E-state index in [9.17, 15) is 4.79 Å². The van der Waals surface area contributed by atoms with Gasteiger partial charge in [0.05, 0.1) is 0 Å². The van der Waals surface area contributed by atoms with Crippen LogP contribution in [0.25, 0.3) is 0 Å². The highest BCUT2D eigenvalue weighted by atomic mass is 16.2. The van der Waals surface area contributed by atoms with Crippen molar-refractivity contribution < 1.29 is 4.79 Å². The molecule has 4 fully saturated rings. The summed E-state index contributed by atoms with van der Waals surface area (Å²) in [7, 11) is 2.06. The van der Waals surface area contributed by atoms with Gasteiger partial charge in [-0.3, -0.25) is 4.79 Å². The third-order valence-corrected chi connectivity index (χ3v) is 8.34. The van der Waals surface area contributed by atoms with Crippen molar-refractivity contribution in [1.29, 1.82) is 0 Å². The number of rotatable bonds is 0. The molecule has 0 N–H and O–H groups in total. The first kappa shape index (κ1) is 14.1. The summed E-state index contributed by atoms with van der Waals surface area (Å²) in [4.78, 5) is 14.2. The number of nitrogens with zero attached hydrogens (tertiary/aromatic N) is 1. The highest BCUT2D eigenvalue weighted by Crippen LogP contribution is 2.64. The van der Waals surface area contributed by atoms with Crippen LogP contribution < -0.4 is 0 Å². The summed E-state index contributed by atoms with van der Waals surface area (Å²) in [5, 5.41) is 0. The molecule has 4 aliphatic rings. The maximum atomic E-state index is 12.1. The van der Waals surface area contributed by atoms with Crippen LogP contribution in [0.15, 0.2) is 0 Å². The molecule has 21 heavy (non-hydrogen) atoms. The highest BCUT2D eigenvalue weighted by molar-refractivity contribution is 5.77. The van der Waals surface area contributed by atoms with E-state index in [2.05, 4.69) is 25.8 Å². The molecule has 1 heterocycles. The van der Waals surface area contributed by atoms with Crippen LogP contribution in [0.4, 0.5) is 0 Å². The van der Waals surface area contributed by atoms with E-state index in [1.54, 1.807) is 0 Å². The second-order valence-corrected chi connectivity index (χ2v) is 9.07. The van der Waals surface area contributed by atoms with E-state index in [-0.39, 0.29) is 0 Å². The van der Waals surface area contributed by atoms with E-state index in [1.165, 1.54) is 44.9 Å². The first-order valence-corrected chi connectivity index (χ1v) is 9.21. The minimum Gasteiger partial charge on any atom is -0.342 e. The maximum absolute atomic E-state index is 12.1. The van der Waals surface area contributed by atoms with Crippen LogP contribution in [0.1, 0.15) is 71.6 Å². The summed E-state index contributed by atoms with van der Waals surface area (Å²) < 4.78 is 0. The fourth-order valence-electron chi connectivity index (χ4n) is 7.14. The summed E-state index contributed by atoms with van der Waals surface area (Å²) in [6, 6.07) is 0.519. The van der Waals surface area contributed by atoms with Crippen molar-refractivity contribution in [2.75, 3.05) is 7.05 Å². The van der Waals surface area contributed by atoms with Gasteiger partial charge in [-0.2, -0.15) is 0 Å². The molecule has 3 saturated carbocycles. The van der Waals surface area contributed by atoms with E-state index >= 15 is 0 Å². The summed E-state index contributed by atoms with van der Waals surface area (Å²) in [6.45, 7) is 5.10. The van der Waals surface area contributed by atoms with E-state index in [1.807, 2.05) is 0 Å². The quantitative estimate of drug-likeness (QED) is 0.653. The Morgan fingerprint density at radius 1 is 1.00 bits per heavy atom. The predicted molar refractivity (Wildman–Crippen MR) is 84.8 cm³/mol. The zero-order valence-corrected chi connectivity index (χ0v) is 14.0. The van der Waals surface area contributed by atoms with Gasteiger partial charge in [0, 0.05) is 19.5 Å². The molecule has 0 bridgehead atoms. The zero-order chi connectivity index (χ0) is 14.8. The van der Waals surface area contributed by atoms with Crippen molar-refractivity contribution in [3.8, 4) is 0 Å². The number of likely N-dealkylation sites (tertiary alicyclic amines) is 1. The average molecular weight is 289 g/mol. The van der Waals surface area contributed by atoms with Gasteiger partial charge in [-0.25, -0.2) is 0 Å². The molecule has 0 aromatic heterocycles. The maximum Gasteiger partial charge on any atom is 0.222 e. The Morgan fingerprint density at radius 2 is 1.81 bits per heavy atom. The fourth-order valence-corrected chi connectivity index (χ4v) is 7.14. The van der Waals surface area contributed by atoms with Gasteiger partial charge in [-0.15, -0.1) is 0 Å². The van der Waals surface area contributed by atoms with Gasteiger partial charge >= 0.3 is 0 Å². The minimum atomic E-state index is 0.387. The van der Waals surface area contributed by atoms with Crippen LogP contribution in [-0.2, 0) is 4.79 Å². The topological polar surface area (TPSA) is 20.3 Å². The third-order valence-electron chi connectivity index (χ3n) is 8.34. The van der Waals surface area contributed by atoms with Gasteiger partial charge < -0.3 is 4.90 Å². The third kappa shape index (κ3) is 1.80. The molecule has 2 nitrogen and oxygen atoms in total. The van der Waals surface area contributed by atoms with E-state index < -0.39 is 0 Å². The lowest BCUT2D eigenvalue weighted by Gasteiger charge is -2.61. The van der Waals surface area contributed by atoms with Crippen LogP contribution >= 0.6 is 0 Å². The van der Waals surface area contributed by atoms with E-state index in [4.69, 9.17) is 0 Å². The Bertz CT molecular complexity index is 460. The standard InChI is InChI=1S/C19H31NO/c1-18-10-4-5-14(18)13-6-7-16-19(2,15(13)8-11-18)12-9-17(21)20(16)3/h13-16H,4-12H2,1-3H3/t13-,14-,15-,16+,18-,19+/m0/s1. The Balaban J connectivity index is 1.66. The molecule has 1 aliphatic heterocycles. The second-order valence-electron chi connectivity index (χ2n) is 9.07. The minimum absolute atomic E-state index is 0.387. The van der Waals surface area contributed by atoms with Gasteiger partial charge in [0.25, 0.3) is 0 Å². The molecular formula is C19H31NO. The molecule has 2 heteroatoms. The molecule has 4 rings (SSSR count). The molecule has 6 atom stereocenters. The van der Waals surface area contributed by atoms with E-state index in [0.29, 0.717) is 22.8 Å². The van der Waals surface area contributed by atoms with Gasteiger partial charge in [-0.05, 0) is 73.5 Å². The lowest BCUT2D eigenvalue weighted by molar-refractivity contribution is -0.156. The molecule has 0 aromatic rings. The summed E-state index contributed by atoms with van der Waals surface area (Å²) in [5.41, 5.74) is 1.05. The smallest absolute Gasteiger partial charge is 0.222 e. The summed E-state index contributed by atoms with van der Waals surface area (Å²) in [6.07, 6.45) is 11.8. The molecular weight excluding hydrogens is 258 g/mol. The SMILES string of the molecule is CN1C(=O)CC[C@]2(C)[C@H]3CC[C@]4(C)CCC[C@H]4[C@@H]3CC[C@@H]12. The zero-order valence-electron chi connectivity index (χ0n) is 14.0. The van der Waals surface area contributed by atoms with Crippen molar-refractivity contribution in [1.82, 2.24) is 4.90 Å². The first-order chi connectivity index (χ1) is 9.96. The number of amides is 1. The van der Waals surface area contributed by atoms with Gasteiger partial charge in [0.2, 0.25) is 5.91 Å². The molecule has 1 amide bonds. The van der Waals surface area contributed by atoms with Crippen molar-refractivity contribution in [2.24, 2.45) is 28.6 Å². The summed E-state index contributed by atoms with van der Waals surface area (Å²) >= 11 is 0. The molecule has 0 radical (unpaired) electrons. The number of carbonyl (C=O) groups is 1. The Kier molecular flexibility index (Phi) is 3.01. The van der Waals surface area contributed by atoms with Crippen LogP contribution in [0.5, 0.6) is 0 Å². The predicted octanol–water partition coefficient (Wildman–Crippen LogP) is 4.24. The van der Waals surface area contributed by atoms with Gasteiger partial charge in [0.15, 0.2) is 0 Å². The number of fused-ring (bicyclic) bond motifs is 5.